The van der Waals surface area contributed by atoms with Gasteiger partial charge in [0.25, 0.3) is 0 Å². The summed E-state index contributed by atoms with van der Waals surface area (Å²) in [6.07, 6.45) is 0. The molecule has 0 radical (unpaired) electrons. The van der Waals surface area contributed by atoms with Crippen LogP contribution in [0.1, 0.15) is 43.8 Å². The summed E-state index contributed by atoms with van der Waals surface area (Å²) in [4.78, 5) is 36.6. The van der Waals surface area contributed by atoms with Crippen molar-refractivity contribution < 1.29 is 33.0 Å². The molecule has 0 saturated carbocycles. The quantitative estimate of drug-likeness (QED) is 0.473. The van der Waals surface area contributed by atoms with Gasteiger partial charge in [0.05, 0.1) is 30.4 Å². The Morgan fingerprint density at radius 1 is 0.857 bits per heavy atom. The van der Waals surface area contributed by atoms with E-state index in [0.717, 1.165) is 0 Å². The number of para-hydroxylation sites is 1. The summed E-state index contributed by atoms with van der Waals surface area (Å²) in [5.41, 5.74) is 1.04. The highest BCUT2D eigenvalue weighted by Gasteiger charge is 2.24. The van der Waals surface area contributed by atoms with Gasteiger partial charge in [0.1, 0.15) is 12.2 Å². The highest BCUT2D eigenvalue weighted by atomic mass is 16.5. The topological polar surface area (TPSA) is 92.0 Å². The Kier molecular flexibility index (Phi) is 5.74. The normalized spacial score (nSPS) is 10.5. The number of furan rings is 1. The molecule has 1 heterocycles. The lowest BCUT2D eigenvalue weighted by Gasteiger charge is -2.08. The zero-order valence-electron chi connectivity index (χ0n) is 15.4. The van der Waals surface area contributed by atoms with Gasteiger partial charge in [-0.15, -0.1) is 0 Å². The van der Waals surface area contributed by atoms with E-state index in [1.807, 2.05) is 0 Å². The van der Waals surface area contributed by atoms with Crippen LogP contribution >= 0.6 is 0 Å². The predicted molar refractivity (Wildman–Crippen MR) is 99.1 cm³/mol. The molecule has 0 amide bonds. The second kappa shape index (κ2) is 8.39. The van der Waals surface area contributed by atoms with E-state index in [9.17, 15) is 14.4 Å². The number of hydrogen-bond donors (Lipinski definition) is 0. The molecule has 3 rings (SSSR count). The number of benzene rings is 2. The number of ether oxygens (including phenoxy) is 3. The van der Waals surface area contributed by atoms with Crippen LogP contribution in [0.4, 0.5) is 0 Å². The molecule has 144 valence electrons. The largest absolute Gasteiger partial charge is 0.465 e. The van der Waals surface area contributed by atoms with E-state index in [4.69, 9.17) is 13.9 Å². The third kappa shape index (κ3) is 3.73. The summed E-state index contributed by atoms with van der Waals surface area (Å²) < 4.78 is 20.7. The lowest BCUT2D eigenvalue weighted by molar-refractivity contribution is 0.0429. The van der Waals surface area contributed by atoms with Crippen LogP contribution < -0.4 is 0 Å². The maximum Gasteiger partial charge on any atom is 0.374 e. The molecule has 28 heavy (non-hydrogen) atoms. The van der Waals surface area contributed by atoms with Gasteiger partial charge in [0.2, 0.25) is 5.76 Å². The first-order valence-corrected chi connectivity index (χ1v) is 8.58. The Bertz CT molecular complexity index is 1030. The van der Waals surface area contributed by atoms with Crippen molar-refractivity contribution in [2.75, 3.05) is 13.7 Å². The van der Waals surface area contributed by atoms with E-state index in [-0.39, 0.29) is 30.1 Å². The molecular formula is C21H18O7. The molecule has 1 aromatic heterocycles. The van der Waals surface area contributed by atoms with Crippen LogP contribution in [0.3, 0.4) is 0 Å². The molecule has 0 spiro atoms. The Morgan fingerprint density at radius 2 is 1.50 bits per heavy atom. The van der Waals surface area contributed by atoms with Gasteiger partial charge >= 0.3 is 17.9 Å². The first-order valence-electron chi connectivity index (χ1n) is 8.58. The minimum atomic E-state index is -0.721. The summed E-state index contributed by atoms with van der Waals surface area (Å²) in [6.45, 7) is 1.64. The number of esters is 3. The first-order chi connectivity index (χ1) is 13.6. The van der Waals surface area contributed by atoms with Crippen LogP contribution in [0, 0.1) is 0 Å². The van der Waals surface area contributed by atoms with Gasteiger partial charge in [-0.2, -0.15) is 0 Å². The van der Waals surface area contributed by atoms with Crippen molar-refractivity contribution in [1.82, 2.24) is 0 Å². The van der Waals surface area contributed by atoms with Crippen LogP contribution in [0.25, 0.3) is 11.0 Å². The fourth-order valence-electron chi connectivity index (χ4n) is 2.77. The fourth-order valence-corrected chi connectivity index (χ4v) is 2.77. The first kappa shape index (κ1) is 19.2. The third-order valence-electron chi connectivity index (χ3n) is 4.06. The minimum Gasteiger partial charge on any atom is -0.465 e. The van der Waals surface area contributed by atoms with Gasteiger partial charge in [0, 0.05) is 5.39 Å². The Hall–Kier alpha value is -3.61. The number of carbonyl (C=O) groups excluding carboxylic acids is 3. The molecule has 0 aliphatic carbocycles. The van der Waals surface area contributed by atoms with Crippen LogP contribution in [-0.2, 0) is 20.8 Å². The fraction of sp³-hybridized carbons (Fsp3) is 0.190. The lowest BCUT2D eigenvalue weighted by atomic mass is 10.1. The van der Waals surface area contributed by atoms with Crippen molar-refractivity contribution in [2.45, 2.75) is 13.5 Å². The molecule has 0 bridgehead atoms. The molecule has 0 N–H and O–H groups in total. The zero-order valence-corrected chi connectivity index (χ0v) is 15.4. The van der Waals surface area contributed by atoms with Gasteiger partial charge in [0.15, 0.2) is 0 Å². The standard InChI is InChI=1S/C21H18O7/c1-3-26-21(24)18-16(13-8-6-7-11-17(13)28-18)12-27-20(23)15-10-5-4-9-14(15)19(22)25-2/h4-11H,3,12H2,1-2H3. The summed E-state index contributed by atoms with van der Waals surface area (Å²) in [5.74, 6) is -2.02. The van der Waals surface area contributed by atoms with E-state index in [2.05, 4.69) is 4.74 Å². The number of fused-ring (bicyclic) bond motifs is 1. The molecule has 0 aliphatic rings. The molecule has 0 unspecified atom stereocenters. The van der Waals surface area contributed by atoms with Crippen molar-refractivity contribution in [2.24, 2.45) is 0 Å². The number of methoxy groups -OCH3 is 1. The SMILES string of the molecule is CCOC(=O)c1oc2ccccc2c1COC(=O)c1ccccc1C(=O)OC. The van der Waals surface area contributed by atoms with E-state index >= 15 is 0 Å². The van der Waals surface area contributed by atoms with Crippen molar-refractivity contribution >= 4 is 28.9 Å². The molecule has 3 aromatic rings. The Labute approximate surface area is 160 Å². The molecule has 0 aliphatic heterocycles. The summed E-state index contributed by atoms with van der Waals surface area (Å²) in [5, 5.41) is 0.639. The lowest BCUT2D eigenvalue weighted by Crippen LogP contribution is -2.14. The van der Waals surface area contributed by atoms with Gasteiger partial charge in [-0.1, -0.05) is 30.3 Å². The van der Waals surface area contributed by atoms with E-state index in [1.54, 1.807) is 43.3 Å². The number of hydrogen-bond acceptors (Lipinski definition) is 7. The maximum absolute atomic E-state index is 12.5. The van der Waals surface area contributed by atoms with Crippen molar-refractivity contribution in [3.63, 3.8) is 0 Å². The predicted octanol–water partition coefficient (Wildman–Crippen LogP) is 3.75. The van der Waals surface area contributed by atoms with Crippen molar-refractivity contribution in [1.29, 1.82) is 0 Å². The molecule has 0 atom stereocenters. The second-order valence-electron chi connectivity index (χ2n) is 5.74. The monoisotopic (exact) mass is 382 g/mol. The second-order valence-corrected chi connectivity index (χ2v) is 5.74. The summed E-state index contributed by atoms with van der Waals surface area (Å²) in [7, 11) is 1.23. The summed E-state index contributed by atoms with van der Waals surface area (Å²) in [6, 6.07) is 13.2. The average Bonchev–Trinajstić information content (AvgIpc) is 3.10. The van der Waals surface area contributed by atoms with Crippen LogP contribution in [0.5, 0.6) is 0 Å². The molecule has 2 aromatic carbocycles. The molecule has 7 heteroatoms. The highest BCUT2D eigenvalue weighted by molar-refractivity contribution is 6.03. The van der Waals surface area contributed by atoms with E-state index in [0.29, 0.717) is 16.5 Å². The van der Waals surface area contributed by atoms with Gasteiger partial charge < -0.3 is 18.6 Å². The maximum atomic E-state index is 12.5. The Morgan fingerprint density at radius 3 is 2.18 bits per heavy atom. The molecular weight excluding hydrogens is 364 g/mol. The minimum absolute atomic E-state index is 0.0166. The number of carbonyl (C=O) groups is 3. The van der Waals surface area contributed by atoms with E-state index in [1.165, 1.54) is 19.2 Å². The van der Waals surface area contributed by atoms with Crippen molar-refractivity contribution in [3.8, 4) is 0 Å². The van der Waals surface area contributed by atoms with Crippen LogP contribution in [0.2, 0.25) is 0 Å². The van der Waals surface area contributed by atoms with Crippen molar-refractivity contribution in [3.05, 3.63) is 71.0 Å². The molecule has 0 saturated heterocycles. The summed E-state index contributed by atoms with van der Waals surface area (Å²) >= 11 is 0. The zero-order chi connectivity index (χ0) is 20.1. The van der Waals surface area contributed by atoms with Crippen LogP contribution in [-0.4, -0.2) is 31.6 Å². The smallest absolute Gasteiger partial charge is 0.374 e. The van der Waals surface area contributed by atoms with Gasteiger partial charge in [-0.05, 0) is 25.1 Å². The van der Waals surface area contributed by atoms with E-state index < -0.39 is 17.9 Å². The highest BCUT2D eigenvalue weighted by Crippen LogP contribution is 2.27. The third-order valence-corrected chi connectivity index (χ3v) is 4.06. The van der Waals surface area contributed by atoms with Gasteiger partial charge in [-0.3, -0.25) is 0 Å². The molecule has 0 fully saturated rings. The molecule has 7 nitrogen and oxygen atoms in total. The Balaban J connectivity index is 1.90. The van der Waals surface area contributed by atoms with Gasteiger partial charge in [-0.25, -0.2) is 14.4 Å². The van der Waals surface area contributed by atoms with Crippen LogP contribution in [0.15, 0.2) is 52.9 Å². The number of rotatable bonds is 6. The average molecular weight is 382 g/mol.